The highest BCUT2D eigenvalue weighted by molar-refractivity contribution is 7.87. The molecule has 118 valence electrons. The molecule has 21 heavy (non-hydrogen) atoms. The Hall–Kier alpha value is -1.11. The SMILES string of the molecule is Cc1ccc(OCCNS(=O)(=O)N2CCCC[C@@H]2C)cc1. The Bertz CT molecular complexity index is 543. The first kappa shape index (κ1) is 16.3. The monoisotopic (exact) mass is 312 g/mol. The second-order valence-electron chi connectivity index (χ2n) is 5.52. The molecular weight excluding hydrogens is 288 g/mol. The Kier molecular flexibility index (Phi) is 5.61. The molecule has 0 aliphatic carbocycles. The molecule has 1 aromatic carbocycles. The van der Waals surface area contributed by atoms with Gasteiger partial charge in [0.05, 0.1) is 0 Å². The highest BCUT2D eigenvalue weighted by Gasteiger charge is 2.28. The predicted molar refractivity (Wildman–Crippen MR) is 83.6 cm³/mol. The average Bonchev–Trinajstić information content (AvgIpc) is 2.46. The van der Waals surface area contributed by atoms with Crippen molar-refractivity contribution in [1.82, 2.24) is 9.03 Å². The minimum atomic E-state index is -3.39. The molecule has 0 saturated carbocycles. The molecule has 0 spiro atoms. The summed E-state index contributed by atoms with van der Waals surface area (Å²) >= 11 is 0. The Balaban J connectivity index is 1.78. The van der Waals surface area contributed by atoms with Gasteiger partial charge in [0, 0.05) is 19.1 Å². The molecule has 0 bridgehead atoms. The second-order valence-corrected chi connectivity index (χ2v) is 7.22. The van der Waals surface area contributed by atoms with Crippen molar-refractivity contribution in [2.45, 2.75) is 39.2 Å². The lowest BCUT2D eigenvalue weighted by Crippen LogP contribution is -2.48. The molecule has 1 aliphatic rings. The van der Waals surface area contributed by atoms with Crippen LogP contribution < -0.4 is 9.46 Å². The summed E-state index contributed by atoms with van der Waals surface area (Å²) in [5.41, 5.74) is 1.17. The third-order valence-corrected chi connectivity index (χ3v) is 5.46. The van der Waals surface area contributed by atoms with E-state index < -0.39 is 10.2 Å². The molecule has 1 atom stereocenters. The van der Waals surface area contributed by atoms with Gasteiger partial charge in [0.1, 0.15) is 12.4 Å². The lowest BCUT2D eigenvalue weighted by molar-refractivity contribution is 0.262. The molecule has 1 saturated heterocycles. The van der Waals surface area contributed by atoms with Crippen molar-refractivity contribution in [3.63, 3.8) is 0 Å². The van der Waals surface area contributed by atoms with Crippen LogP contribution in [-0.2, 0) is 10.2 Å². The van der Waals surface area contributed by atoms with E-state index in [1.807, 2.05) is 38.1 Å². The van der Waals surface area contributed by atoms with Gasteiger partial charge in [-0.3, -0.25) is 0 Å². The fraction of sp³-hybridized carbons (Fsp3) is 0.600. The normalized spacial score (nSPS) is 20.4. The number of hydrogen-bond donors (Lipinski definition) is 1. The average molecular weight is 312 g/mol. The van der Waals surface area contributed by atoms with E-state index in [9.17, 15) is 8.42 Å². The van der Waals surface area contributed by atoms with E-state index >= 15 is 0 Å². The molecule has 6 heteroatoms. The standard InChI is InChI=1S/C15H24N2O3S/c1-13-6-8-15(9-7-13)20-12-10-16-21(18,19)17-11-4-3-5-14(17)2/h6-9,14,16H,3-5,10-12H2,1-2H3/t14-/m0/s1. The summed E-state index contributed by atoms with van der Waals surface area (Å²) in [7, 11) is -3.39. The molecule has 1 N–H and O–H groups in total. The Morgan fingerprint density at radius 1 is 1.29 bits per heavy atom. The summed E-state index contributed by atoms with van der Waals surface area (Å²) in [4.78, 5) is 0. The summed E-state index contributed by atoms with van der Waals surface area (Å²) in [5.74, 6) is 0.756. The predicted octanol–water partition coefficient (Wildman–Crippen LogP) is 2.08. The topological polar surface area (TPSA) is 58.6 Å². The molecule has 2 rings (SSSR count). The minimum Gasteiger partial charge on any atom is -0.492 e. The second kappa shape index (κ2) is 7.24. The lowest BCUT2D eigenvalue weighted by atomic mass is 10.1. The van der Waals surface area contributed by atoms with E-state index in [2.05, 4.69) is 4.72 Å². The highest BCUT2D eigenvalue weighted by Crippen LogP contribution is 2.18. The van der Waals surface area contributed by atoms with Crippen molar-refractivity contribution in [3.8, 4) is 5.75 Å². The van der Waals surface area contributed by atoms with Crippen molar-refractivity contribution in [2.24, 2.45) is 0 Å². The van der Waals surface area contributed by atoms with Gasteiger partial charge in [-0.25, -0.2) is 0 Å². The van der Waals surface area contributed by atoms with E-state index in [0.717, 1.165) is 25.0 Å². The van der Waals surface area contributed by atoms with E-state index in [-0.39, 0.29) is 12.6 Å². The van der Waals surface area contributed by atoms with Gasteiger partial charge in [-0.15, -0.1) is 0 Å². The third-order valence-electron chi connectivity index (χ3n) is 3.73. The van der Waals surface area contributed by atoms with Gasteiger partial charge < -0.3 is 4.74 Å². The first-order valence-electron chi connectivity index (χ1n) is 7.45. The Labute approximate surface area is 127 Å². The zero-order valence-electron chi connectivity index (χ0n) is 12.7. The van der Waals surface area contributed by atoms with Gasteiger partial charge in [-0.05, 0) is 38.8 Å². The van der Waals surface area contributed by atoms with Crippen LogP contribution in [-0.4, -0.2) is 38.5 Å². The number of aryl methyl sites for hydroxylation is 1. The van der Waals surface area contributed by atoms with Gasteiger partial charge in [0.25, 0.3) is 10.2 Å². The largest absolute Gasteiger partial charge is 0.492 e. The molecule has 0 unspecified atom stereocenters. The van der Waals surface area contributed by atoms with E-state index in [0.29, 0.717) is 13.2 Å². The van der Waals surface area contributed by atoms with Crippen molar-refractivity contribution < 1.29 is 13.2 Å². The summed E-state index contributed by atoms with van der Waals surface area (Å²) in [6.07, 6.45) is 2.97. The quantitative estimate of drug-likeness (QED) is 0.818. The number of piperidine rings is 1. The number of rotatable bonds is 6. The molecular formula is C15H24N2O3S. The van der Waals surface area contributed by atoms with Gasteiger partial charge in [0.15, 0.2) is 0 Å². The number of ether oxygens (including phenoxy) is 1. The molecule has 5 nitrogen and oxygen atoms in total. The van der Waals surface area contributed by atoms with E-state index in [4.69, 9.17) is 4.74 Å². The van der Waals surface area contributed by atoms with Crippen LogP contribution in [0.5, 0.6) is 5.75 Å². The summed E-state index contributed by atoms with van der Waals surface area (Å²) in [6.45, 7) is 5.18. The number of hydrogen-bond acceptors (Lipinski definition) is 3. The van der Waals surface area contributed by atoms with Crippen LogP contribution in [0.2, 0.25) is 0 Å². The van der Waals surface area contributed by atoms with Crippen molar-refractivity contribution in [1.29, 1.82) is 0 Å². The smallest absolute Gasteiger partial charge is 0.279 e. The van der Waals surface area contributed by atoms with Crippen molar-refractivity contribution >= 4 is 10.2 Å². The maximum absolute atomic E-state index is 12.2. The van der Waals surface area contributed by atoms with Crippen LogP contribution in [0.25, 0.3) is 0 Å². The van der Waals surface area contributed by atoms with Gasteiger partial charge in [-0.2, -0.15) is 17.4 Å². The number of nitrogens with zero attached hydrogens (tertiary/aromatic N) is 1. The van der Waals surface area contributed by atoms with Gasteiger partial charge >= 0.3 is 0 Å². The summed E-state index contributed by atoms with van der Waals surface area (Å²) < 4.78 is 34.1. The van der Waals surface area contributed by atoms with Gasteiger partial charge in [0.2, 0.25) is 0 Å². The first-order valence-corrected chi connectivity index (χ1v) is 8.89. The summed E-state index contributed by atoms with van der Waals surface area (Å²) in [6, 6.07) is 7.78. The number of benzene rings is 1. The van der Waals surface area contributed by atoms with Crippen LogP contribution in [0.3, 0.4) is 0 Å². The van der Waals surface area contributed by atoms with Gasteiger partial charge in [-0.1, -0.05) is 24.1 Å². The zero-order valence-corrected chi connectivity index (χ0v) is 13.5. The van der Waals surface area contributed by atoms with Crippen LogP contribution in [0.15, 0.2) is 24.3 Å². The minimum absolute atomic E-state index is 0.0780. The van der Waals surface area contributed by atoms with Crippen LogP contribution >= 0.6 is 0 Å². The Morgan fingerprint density at radius 2 is 2.00 bits per heavy atom. The van der Waals surface area contributed by atoms with Crippen LogP contribution in [0.1, 0.15) is 31.7 Å². The molecule has 0 aromatic heterocycles. The maximum atomic E-state index is 12.2. The molecule has 0 amide bonds. The van der Waals surface area contributed by atoms with Crippen LogP contribution in [0.4, 0.5) is 0 Å². The Morgan fingerprint density at radius 3 is 2.67 bits per heavy atom. The summed E-state index contributed by atoms with van der Waals surface area (Å²) in [5, 5.41) is 0. The maximum Gasteiger partial charge on any atom is 0.279 e. The van der Waals surface area contributed by atoms with Crippen LogP contribution in [0, 0.1) is 6.92 Å². The fourth-order valence-electron chi connectivity index (χ4n) is 2.49. The molecule has 0 radical (unpaired) electrons. The van der Waals surface area contributed by atoms with E-state index in [1.54, 1.807) is 4.31 Å². The van der Waals surface area contributed by atoms with Crippen molar-refractivity contribution in [2.75, 3.05) is 19.7 Å². The fourth-order valence-corrected chi connectivity index (χ4v) is 3.94. The molecule has 1 aromatic rings. The molecule has 1 aliphatic heterocycles. The third kappa shape index (κ3) is 4.69. The van der Waals surface area contributed by atoms with Crippen molar-refractivity contribution in [3.05, 3.63) is 29.8 Å². The molecule has 1 heterocycles. The number of nitrogens with one attached hydrogen (secondary N) is 1. The van der Waals surface area contributed by atoms with E-state index in [1.165, 1.54) is 5.56 Å². The first-order chi connectivity index (χ1) is 9.99. The molecule has 1 fully saturated rings. The highest BCUT2D eigenvalue weighted by atomic mass is 32.2. The lowest BCUT2D eigenvalue weighted by Gasteiger charge is -2.32. The zero-order chi connectivity index (χ0) is 15.3.